The van der Waals surface area contributed by atoms with Gasteiger partial charge in [0.05, 0.1) is 5.56 Å². The first-order valence-corrected chi connectivity index (χ1v) is 7.33. The highest BCUT2D eigenvalue weighted by Crippen LogP contribution is 2.42. The Morgan fingerprint density at radius 2 is 1.81 bits per heavy atom. The molecular weight excluding hydrogens is 279 g/mol. The molecule has 2 saturated carbocycles. The van der Waals surface area contributed by atoms with E-state index in [2.05, 4.69) is 6.92 Å². The van der Waals surface area contributed by atoms with E-state index in [4.69, 9.17) is 0 Å². The van der Waals surface area contributed by atoms with Crippen molar-refractivity contribution in [2.24, 2.45) is 11.8 Å². The van der Waals surface area contributed by atoms with Gasteiger partial charge in [0.25, 0.3) is 0 Å². The third kappa shape index (κ3) is 3.22. The van der Waals surface area contributed by atoms with Crippen LogP contribution in [0.25, 0.3) is 0 Å². The smallest absolute Gasteiger partial charge is 0.335 e. The van der Waals surface area contributed by atoms with Gasteiger partial charge in [-0.2, -0.15) is 13.2 Å². The molecule has 2 atom stereocenters. The van der Waals surface area contributed by atoms with Crippen LogP contribution in [0.2, 0.25) is 0 Å². The van der Waals surface area contributed by atoms with E-state index in [-0.39, 0.29) is 17.9 Å². The first kappa shape index (κ1) is 14.4. The average Bonchev–Trinajstić information content (AvgIpc) is 3.31. The van der Waals surface area contributed by atoms with Crippen molar-refractivity contribution < 1.29 is 18.0 Å². The minimum atomic E-state index is -4.31. The summed E-state index contributed by atoms with van der Waals surface area (Å²) in [5.74, 6) is 0.747. The van der Waals surface area contributed by atoms with Gasteiger partial charge in [-0.1, -0.05) is 19.1 Å². The summed E-state index contributed by atoms with van der Waals surface area (Å²) in [5.41, 5.74) is 0.114. The monoisotopic (exact) mass is 297 g/mol. The maximum absolute atomic E-state index is 12.5. The first-order chi connectivity index (χ1) is 9.86. The Morgan fingerprint density at radius 3 is 2.24 bits per heavy atom. The SMILES string of the molecule is CC1CC1C(=O)N(Cc1ccc(C(F)(F)F)cc1)C1CC1. The van der Waals surface area contributed by atoms with Crippen LogP contribution in [0, 0.1) is 11.8 Å². The topological polar surface area (TPSA) is 20.3 Å². The number of alkyl halides is 3. The number of hydrogen-bond donors (Lipinski definition) is 0. The Kier molecular flexibility index (Phi) is 3.46. The highest BCUT2D eigenvalue weighted by atomic mass is 19.4. The van der Waals surface area contributed by atoms with Crippen molar-refractivity contribution in [1.82, 2.24) is 4.90 Å². The number of carbonyl (C=O) groups excluding carboxylic acids is 1. The van der Waals surface area contributed by atoms with Gasteiger partial charge in [0.15, 0.2) is 0 Å². The van der Waals surface area contributed by atoms with Crippen LogP contribution in [0.5, 0.6) is 0 Å². The fourth-order valence-electron chi connectivity index (χ4n) is 2.65. The van der Waals surface area contributed by atoms with E-state index in [0.717, 1.165) is 37.0 Å². The van der Waals surface area contributed by atoms with Gasteiger partial charge in [0.1, 0.15) is 0 Å². The molecule has 0 bridgehead atoms. The Morgan fingerprint density at radius 1 is 1.24 bits per heavy atom. The molecule has 1 aromatic carbocycles. The van der Waals surface area contributed by atoms with Crippen LogP contribution in [0.4, 0.5) is 13.2 Å². The Balaban J connectivity index is 1.70. The van der Waals surface area contributed by atoms with Gasteiger partial charge < -0.3 is 4.90 Å². The van der Waals surface area contributed by atoms with Crippen LogP contribution in [0.3, 0.4) is 0 Å². The molecule has 1 amide bonds. The third-order valence-electron chi connectivity index (χ3n) is 4.33. The summed E-state index contributed by atoms with van der Waals surface area (Å²) in [6.45, 7) is 2.48. The van der Waals surface area contributed by atoms with Crippen molar-refractivity contribution in [3.63, 3.8) is 0 Å². The number of benzene rings is 1. The zero-order valence-electron chi connectivity index (χ0n) is 11.9. The molecule has 0 spiro atoms. The van der Waals surface area contributed by atoms with E-state index in [9.17, 15) is 18.0 Å². The van der Waals surface area contributed by atoms with E-state index in [1.165, 1.54) is 12.1 Å². The van der Waals surface area contributed by atoms with Crippen LogP contribution in [0.15, 0.2) is 24.3 Å². The van der Waals surface area contributed by atoms with E-state index in [1.54, 1.807) is 0 Å². The van der Waals surface area contributed by atoms with Crippen molar-refractivity contribution in [2.45, 2.75) is 44.9 Å². The molecule has 2 aliphatic carbocycles. The van der Waals surface area contributed by atoms with E-state index >= 15 is 0 Å². The average molecular weight is 297 g/mol. The van der Waals surface area contributed by atoms with Gasteiger partial charge in [-0.25, -0.2) is 0 Å². The van der Waals surface area contributed by atoms with E-state index < -0.39 is 11.7 Å². The second kappa shape index (κ2) is 5.04. The molecule has 0 saturated heterocycles. The van der Waals surface area contributed by atoms with Crippen molar-refractivity contribution >= 4 is 5.91 Å². The standard InChI is InChI=1S/C16H18F3NO/c1-10-8-14(10)15(21)20(13-6-7-13)9-11-2-4-12(5-3-11)16(17,18)19/h2-5,10,13-14H,6-9H2,1H3. The van der Waals surface area contributed by atoms with Crippen LogP contribution in [-0.4, -0.2) is 16.8 Å². The maximum Gasteiger partial charge on any atom is 0.416 e. The summed E-state index contributed by atoms with van der Waals surface area (Å²) in [6, 6.07) is 5.41. The first-order valence-electron chi connectivity index (χ1n) is 7.33. The zero-order valence-corrected chi connectivity index (χ0v) is 11.9. The van der Waals surface area contributed by atoms with Gasteiger partial charge in [-0.05, 0) is 42.9 Å². The van der Waals surface area contributed by atoms with Crippen molar-refractivity contribution in [3.05, 3.63) is 35.4 Å². The lowest BCUT2D eigenvalue weighted by atomic mass is 10.1. The van der Waals surface area contributed by atoms with Gasteiger partial charge in [0, 0.05) is 18.5 Å². The number of amides is 1. The molecule has 0 aliphatic heterocycles. The number of halogens is 3. The summed E-state index contributed by atoms with van der Waals surface area (Å²) in [4.78, 5) is 14.2. The zero-order chi connectivity index (χ0) is 15.2. The Hall–Kier alpha value is -1.52. The van der Waals surface area contributed by atoms with Gasteiger partial charge in [-0.3, -0.25) is 4.79 Å². The molecule has 0 heterocycles. The summed E-state index contributed by atoms with van der Waals surface area (Å²) in [5, 5.41) is 0. The second-order valence-corrected chi connectivity index (χ2v) is 6.21. The largest absolute Gasteiger partial charge is 0.416 e. The van der Waals surface area contributed by atoms with Crippen molar-refractivity contribution in [1.29, 1.82) is 0 Å². The molecule has 21 heavy (non-hydrogen) atoms. The van der Waals surface area contributed by atoms with E-state index in [1.807, 2.05) is 4.90 Å². The third-order valence-corrected chi connectivity index (χ3v) is 4.33. The molecule has 2 nitrogen and oxygen atoms in total. The predicted molar refractivity (Wildman–Crippen MR) is 72.3 cm³/mol. The van der Waals surface area contributed by atoms with Gasteiger partial charge >= 0.3 is 6.18 Å². The number of carbonyl (C=O) groups is 1. The molecule has 114 valence electrons. The molecule has 3 rings (SSSR count). The van der Waals surface area contributed by atoms with Gasteiger partial charge in [-0.15, -0.1) is 0 Å². The minimum Gasteiger partial charge on any atom is -0.335 e. The maximum atomic E-state index is 12.5. The molecule has 2 aliphatic rings. The lowest BCUT2D eigenvalue weighted by Crippen LogP contribution is -2.34. The quantitative estimate of drug-likeness (QED) is 0.826. The molecule has 0 radical (unpaired) electrons. The number of hydrogen-bond acceptors (Lipinski definition) is 1. The van der Waals surface area contributed by atoms with Crippen molar-refractivity contribution in [2.75, 3.05) is 0 Å². The highest BCUT2D eigenvalue weighted by molar-refractivity contribution is 5.82. The molecule has 2 fully saturated rings. The normalized spacial score (nSPS) is 24.8. The summed E-state index contributed by atoms with van der Waals surface area (Å²) < 4.78 is 37.6. The number of rotatable bonds is 4. The lowest BCUT2D eigenvalue weighted by molar-refractivity contribution is -0.138. The predicted octanol–water partition coefficient (Wildman–Crippen LogP) is 3.85. The molecular formula is C16H18F3NO. The molecule has 5 heteroatoms. The Labute approximate surface area is 121 Å². The highest BCUT2D eigenvalue weighted by Gasteiger charge is 2.45. The van der Waals surface area contributed by atoms with Crippen molar-refractivity contribution in [3.8, 4) is 0 Å². The van der Waals surface area contributed by atoms with Crippen LogP contribution in [-0.2, 0) is 17.5 Å². The fourth-order valence-corrected chi connectivity index (χ4v) is 2.65. The minimum absolute atomic E-state index is 0.125. The Bertz CT molecular complexity index is 533. The summed E-state index contributed by atoms with van der Waals surface area (Å²) in [7, 11) is 0. The van der Waals surface area contributed by atoms with Crippen LogP contribution in [0.1, 0.15) is 37.3 Å². The summed E-state index contributed by atoms with van der Waals surface area (Å²) in [6.07, 6.45) is -1.36. The summed E-state index contributed by atoms with van der Waals surface area (Å²) >= 11 is 0. The van der Waals surface area contributed by atoms with E-state index in [0.29, 0.717) is 12.5 Å². The second-order valence-electron chi connectivity index (χ2n) is 6.21. The van der Waals surface area contributed by atoms with Crippen LogP contribution >= 0.6 is 0 Å². The fraction of sp³-hybridized carbons (Fsp3) is 0.562. The lowest BCUT2D eigenvalue weighted by Gasteiger charge is -2.23. The molecule has 2 unspecified atom stereocenters. The van der Waals surface area contributed by atoms with Crippen LogP contribution < -0.4 is 0 Å². The molecule has 1 aromatic rings. The molecule has 0 N–H and O–H groups in total. The molecule has 0 aromatic heterocycles. The van der Waals surface area contributed by atoms with Gasteiger partial charge in [0.2, 0.25) is 5.91 Å². The number of nitrogens with zero attached hydrogens (tertiary/aromatic N) is 1.